The Bertz CT molecular complexity index is 1130. The molecule has 8 nitrogen and oxygen atoms in total. The number of carbonyl (C=O) groups is 1. The van der Waals surface area contributed by atoms with Gasteiger partial charge in [0, 0.05) is 36.7 Å². The highest BCUT2D eigenvalue weighted by molar-refractivity contribution is 7.99. The topological polar surface area (TPSA) is 98.1 Å². The van der Waals surface area contributed by atoms with E-state index in [0.717, 1.165) is 11.3 Å². The van der Waals surface area contributed by atoms with Crippen LogP contribution in [0.5, 0.6) is 0 Å². The van der Waals surface area contributed by atoms with Gasteiger partial charge >= 0.3 is 0 Å². The predicted octanol–water partition coefficient (Wildman–Crippen LogP) is 2.07. The molecular formula is C20H21N5O3S2. The molecule has 1 atom stereocenters. The molecule has 10 heteroatoms. The molecule has 3 heterocycles. The number of sulfone groups is 1. The quantitative estimate of drug-likeness (QED) is 0.538. The summed E-state index contributed by atoms with van der Waals surface area (Å²) in [6.45, 7) is 0. The molecule has 0 spiro atoms. The fourth-order valence-corrected chi connectivity index (χ4v) is 6.02. The average molecular weight is 444 g/mol. The van der Waals surface area contributed by atoms with Gasteiger partial charge in [0.25, 0.3) is 0 Å². The highest BCUT2D eigenvalue weighted by atomic mass is 32.2. The van der Waals surface area contributed by atoms with Crippen molar-refractivity contribution in [2.24, 2.45) is 0 Å². The van der Waals surface area contributed by atoms with Crippen LogP contribution >= 0.6 is 11.8 Å². The van der Waals surface area contributed by atoms with E-state index in [2.05, 4.69) is 15.2 Å². The number of nitrogens with zero attached hydrogens (tertiary/aromatic N) is 5. The van der Waals surface area contributed by atoms with Gasteiger partial charge in [0.1, 0.15) is 0 Å². The summed E-state index contributed by atoms with van der Waals surface area (Å²) in [5, 5.41) is 9.24. The number of carbonyl (C=O) groups excluding carboxylic acids is 1. The van der Waals surface area contributed by atoms with Gasteiger partial charge < -0.3 is 4.90 Å². The van der Waals surface area contributed by atoms with Crippen LogP contribution in [0.15, 0.2) is 60.0 Å². The molecule has 1 saturated heterocycles. The minimum atomic E-state index is -3.04. The number of pyridine rings is 1. The van der Waals surface area contributed by atoms with Crippen molar-refractivity contribution in [1.82, 2.24) is 24.6 Å². The molecule has 156 valence electrons. The van der Waals surface area contributed by atoms with Gasteiger partial charge in [-0.3, -0.25) is 14.3 Å². The molecule has 30 heavy (non-hydrogen) atoms. The van der Waals surface area contributed by atoms with E-state index in [-0.39, 0.29) is 29.2 Å². The third kappa shape index (κ3) is 4.39. The second-order valence-corrected chi connectivity index (χ2v) is 10.2. The fourth-order valence-electron chi connectivity index (χ4n) is 3.37. The number of rotatable bonds is 6. The lowest BCUT2D eigenvalue weighted by Crippen LogP contribution is -2.38. The molecule has 0 unspecified atom stereocenters. The van der Waals surface area contributed by atoms with E-state index in [1.165, 1.54) is 11.8 Å². The number of hydrogen-bond donors (Lipinski definition) is 0. The van der Waals surface area contributed by atoms with E-state index < -0.39 is 9.84 Å². The first-order chi connectivity index (χ1) is 14.4. The van der Waals surface area contributed by atoms with E-state index in [9.17, 15) is 13.2 Å². The van der Waals surface area contributed by atoms with Crippen LogP contribution in [0, 0.1) is 0 Å². The summed E-state index contributed by atoms with van der Waals surface area (Å²) in [5.41, 5.74) is 1.76. The summed E-state index contributed by atoms with van der Waals surface area (Å²) >= 11 is 1.29. The molecule has 1 fully saturated rings. The van der Waals surface area contributed by atoms with Crippen molar-refractivity contribution >= 4 is 27.5 Å². The molecule has 0 aliphatic carbocycles. The maximum Gasteiger partial charge on any atom is 0.233 e. The van der Waals surface area contributed by atoms with Crippen LogP contribution in [0.4, 0.5) is 0 Å². The van der Waals surface area contributed by atoms with Crippen LogP contribution in [-0.4, -0.2) is 69.3 Å². The van der Waals surface area contributed by atoms with Crippen molar-refractivity contribution in [2.45, 2.75) is 17.6 Å². The Hall–Kier alpha value is -2.72. The Labute approximate surface area is 179 Å². The van der Waals surface area contributed by atoms with E-state index in [1.54, 1.807) is 24.3 Å². The summed E-state index contributed by atoms with van der Waals surface area (Å²) < 4.78 is 25.3. The van der Waals surface area contributed by atoms with Crippen LogP contribution in [-0.2, 0) is 14.6 Å². The summed E-state index contributed by atoms with van der Waals surface area (Å²) in [7, 11) is -1.38. The first-order valence-corrected chi connectivity index (χ1v) is 12.3. The van der Waals surface area contributed by atoms with Gasteiger partial charge in [0.15, 0.2) is 20.8 Å². The first-order valence-electron chi connectivity index (χ1n) is 9.45. The molecule has 0 N–H and O–H groups in total. The van der Waals surface area contributed by atoms with Gasteiger partial charge in [-0.1, -0.05) is 30.0 Å². The predicted molar refractivity (Wildman–Crippen MR) is 115 cm³/mol. The SMILES string of the molecule is CN(C(=O)CSc1nnc(-c2ccncc2)n1-c1ccccc1)[C@@H]1CCS(=O)(=O)C1. The molecule has 0 saturated carbocycles. The van der Waals surface area contributed by atoms with E-state index in [0.29, 0.717) is 17.4 Å². The minimum Gasteiger partial charge on any atom is -0.341 e. The molecule has 1 aliphatic heterocycles. The zero-order valence-electron chi connectivity index (χ0n) is 16.4. The van der Waals surface area contributed by atoms with Gasteiger partial charge in [-0.05, 0) is 30.7 Å². The number of hydrogen-bond acceptors (Lipinski definition) is 7. The van der Waals surface area contributed by atoms with Gasteiger partial charge in [-0.2, -0.15) is 0 Å². The first kappa shape index (κ1) is 20.5. The normalized spacial score (nSPS) is 17.7. The molecule has 1 aromatic carbocycles. The van der Waals surface area contributed by atoms with Crippen LogP contribution in [0.25, 0.3) is 17.1 Å². The van der Waals surface area contributed by atoms with Crippen LogP contribution in [0.2, 0.25) is 0 Å². The van der Waals surface area contributed by atoms with E-state index in [1.807, 2.05) is 47.0 Å². The van der Waals surface area contributed by atoms with Crippen molar-refractivity contribution in [1.29, 1.82) is 0 Å². The zero-order valence-corrected chi connectivity index (χ0v) is 18.0. The number of benzene rings is 1. The number of thioether (sulfide) groups is 1. The summed E-state index contributed by atoms with van der Waals surface area (Å²) in [4.78, 5) is 18.3. The van der Waals surface area contributed by atoms with Crippen molar-refractivity contribution in [2.75, 3.05) is 24.3 Å². The third-order valence-electron chi connectivity index (χ3n) is 5.06. The van der Waals surface area contributed by atoms with Gasteiger partial charge in [-0.15, -0.1) is 10.2 Å². The van der Waals surface area contributed by atoms with Crippen LogP contribution < -0.4 is 0 Å². The Kier molecular flexibility index (Phi) is 5.87. The smallest absolute Gasteiger partial charge is 0.233 e. The van der Waals surface area contributed by atoms with Crippen molar-refractivity contribution in [3.63, 3.8) is 0 Å². The fraction of sp³-hybridized carbons (Fsp3) is 0.300. The highest BCUT2D eigenvalue weighted by Gasteiger charge is 2.32. The molecule has 1 amide bonds. The average Bonchev–Trinajstić information content (AvgIpc) is 3.35. The molecule has 3 aromatic rings. The molecule has 0 radical (unpaired) electrons. The van der Waals surface area contributed by atoms with Gasteiger partial charge in [-0.25, -0.2) is 8.42 Å². The summed E-state index contributed by atoms with van der Waals surface area (Å²) in [6, 6.07) is 13.2. The molecule has 4 rings (SSSR count). The van der Waals surface area contributed by atoms with Gasteiger partial charge in [0.2, 0.25) is 5.91 Å². The monoisotopic (exact) mass is 443 g/mol. The second kappa shape index (κ2) is 8.57. The second-order valence-electron chi connectivity index (χ2n) is 7.06. The minimum absolute atomic E-state index is 0.0340. The molecular weight excluding hydrogens is 422 g/mol. The Morgan fingerprint density at radius 3 is 2.57 bits per heavy atom. The number of para-hydroxylation sites is 1. The van der Waals surface area contributed by atoms with E-state index >= 15 is 0 Å². The standard InChI is InChI=1S/C20H21N5O3S2/c1-24(17-9-12-30(27,28)14-17)18(26)13-29-20-23-22-19(15-7-10-21-11-8-15)25(20)16-5-3-2-4-6-16/h2-8,10-11,17H,9,12-14H2,1H3/t17-/m1/s1. The lowest BCUT2D eigenvalue weighted by Gasteiger charge is -2.23. The zero-order chi connectivity index (χ0) is 21.1. The molecule has 1 aliphatic rings. The van der Waals surface area contributed by atoms with Crippen molar-refractivity contribution in [3.8, 4) is 17.1 Å². The lowest BCUT2D eigenvalue weighted by atomic mass is 10.2. The van der Waals surface area contributed by atoms with Crippen LogP contribution in [0.1, 0.15) is 6.42 Å². The summed E-state index contributed by atoms with van der Waals surface area (Å²) in [6.07, 6.45) is 3.88. The van der Waals surface area contributed by atoms with Crippen molar-refractivity contribution < 1.29 is 13.2 Å². The Morgan fingerprint density at radius 1 is 1.17 bits per heavy atom. The maximum absolute atomic E-state index is 12.7. The van der Waals surface area contributed by atoms with Gasteiger partial charge in [0.05, 0.1) is 17.3 Å². The molecule has 0 bridgehead atoms. The highest BCUT2D eigenvalue weighted by Crippen LogP contribution is 2.28. The van der Waals surface area contributed by atoms with E-state index in [4.69, 9.17) is 0 Å². The Morgan fingerprint density at radius 2 is 1.90 bits per heavy atom. The number of amides is 1. The largest absolute Gasteiger partial charge is 0.341 e. The Balaban J connectivity index is 1.56. The lowest BCUT2D eigenvalue weighted by molar-refractivity contribution is -0.128. The van der Waals surface area contributed by atoms with Crippen molar-refractivity contribution in [3.05, 3.63) is 54.9 Å². The number of aromatic nitrogens is 4. The third-order valence-corrected chi connectivity index (χ3v) is 7.72. The summed E-state index contributed by atoms with van der Waals surface area (Å²) in [5.74, 6) is 0.852. The van der Waals surface area contributed by atoms with Crippen LogP contribution in [0.3, 0.4) is 0 Å². The molecule has 2 aromatic heterocycles. The maximum atomic E-state index is 12.7.